The Labute approximate surface area is 165 Å². The van der Waals surface area contributed by atoms with Crippen LogP contribution < -0.4 is 10.6 Å². The Morgan fingerprint density at radius 1 is 0.964 bits per heavy atom. The predicted molar refractivity (Wildman–Crippen MR) is 108 cm³/mol. The van der Waals surface area contributed by atoms with Crippen molar-refractivity contribution in [3.8, 4) is 0 Å². The van der Waals surface area contributed by atoms with Crippen LogP contribution in [0, 0.1) is 0 Å². The molecule has 0 saturated heterocycles. The third-order valence-electron chi connectivity index (χ3n) is 4.15. The number of carboxylic acid groups (broad SMARTS) is 1. The Balaban J connectivity index is 1.88. The minimum atomic E-state index is -1.13. The maximum atomic E-state index is 12.8. The fraction of sp³-hybridized carbons (Fsp3) is 0.150. The van der Waals surface area contributed by atoms with Gasteiger partial charge < -0.3 is 20.5 Å². The van der Waals surface area contributed by atoms with Crippen LogP contribution in [0.3, 0.4) is 0 Å². The second kappa shape index (κ2) is 8.62. The normalized spacial score (nSPS) is 13.2. The predicted octanol–water partition coefficient (Wildman–Crippen LogP) is 3.22. The Morgan fingerprint density at radius 3 is 2.29 bits per heavy atom. The van der Waals surface area contributed by atoms with E-state index in [4.69, 9.17) is 4.74 Å². The zero-order valence-corrected chi connectivity index (χ0v) is 15.8. The number of carboxylic acids is 1. The van der Waals surface area contributed by atoms with Gasteiger partial charge in [0.05, 0.1) is 35.2 Å². The number of carbonyl (C=O) groups is 3. The topological polar surface area (TPSA) is 105 Å². The number of nitrogens with one attached hydrogen (secondary N) is 2. The number of aromatic carboxylic acids is 1. The third kappa shape index (κ3) is 4.17. The zero-order valence-electron chi connectivity index (χ0n) is 15.0. The number of hydrogen-bond donors (Lipinski definition) is 3. The molecule has 0 radical (unpaired) electrons. The summed E-state index contributed by atoms with van der Waals surface area (Å²) >= 11 is 1.57. The number of benzene rings is 2. The monoisotopic (exact) mass is 398 g/mol. The molecule has 0 bridgehead atoms. The molecule has 3 N–H and O–H groups in total. The number of anilines is 2. The quantitative estimate of drug-likeness (QED) is 0.642. The van der Waals surface area contributed by atoms with Gasteiger partial charge in [0.1, 0.15) is 0 Å². The number of hydrogen-bond acceptors (Lipinski definition) is 6. The number of carbonyl (C=O) groups excluding carboxylic acids is 2. The minimum Gasteiger partial charge on any atom is -0.478 e. The molecule has 0 spiro atoms. The van der Waals surface area contributed by atoms with Crippen LogP contribution in [0.15, 0.2) is 59.8 Å². The van der Waals surface area contributed by atoms with Gasteiger partial charge in [-0.1, -0.05) is 24.3 Å². The molecule has 0 atom stereocenters. The number of para-hydroxylation sites is 2. The summed E-state index contributed by atoms with van der Waals surface area (Å²) in [6, 6.07) is 13.0. The van der Waals surface area contributed by atoms with Crippen LogP contribution in [-0.2, 0) is 9.53 Å². The van der Waals surface area contributed by atoms with Gasteiger partial charge in [-0.25, -0.2) is 9.59 Å². The van der Waals surface area contributed by atoms with Crippen LogP contribution in [0.25, 0.3) is 0 Å². The van der Waals surface area contributed by atoms with Crippen molar-refractivity contribution in [3.05, 3.63) is 70.9 Å². The van der Waals surface area contributed by atoms with Gasteiger partial charge in [0, 0.05) is 17.2 Å². The number of ether oxygens (including phenoxy) is 1. The Bertz CT molecular complexity index is 971. The number of esters is 1. The largest absolute Gasteiger partial charge is 0.478 e. The van der Waals surface area contributed by atoms with Crippen molar-refractivity contribution in [1.82, 2.24) is 0 Å². The second-order valence-electron chi connectivity index (χ2n) is 5.92. The van der Waals surface area contributed by atoms with E-state index in [0.29, 0.717) is 34.0 Å². The maximum absolute atomic E-state index is 12.8. The van der Waals surface area contributed by atoms with Gasteiger partial charge in [-0.05, 0) is 24.3 Å². The highest BCUT2D eigenvalue weighted by Crippen LogP contribution is 2.28. The molecular weight excluding hydrogens is 380 g/mol. The van der Waals surface area contributed by atoms with Crippen LogP contribution in [-0.4, -0.2) is 41.6 Å². The SMILES string of the molecule is COC(=O)C1=C(Nc2ccccc2C(=O)Nc2ccccc2C(=O)O)CSC1. The molecule has 2 aromatic carbocycles. The van der Waals surface area contributed by atoms with Crippen molar-refractivity contribution in [2.24, 2.45) is 0 Å². The summed E-state index contributed by atoms with van der Waals surface area (Å²) in [4.78, 5) is 36.1. The third-order valence-corrected chi connectivity index (χ3v) is 5.14. The van der Waals surface area contributed by atoms with Gasteiger partial charge in [0.15, 0.2) is 0 Å². The number of rotatable bonds is 6. The number of thioether (sulfide) groups is 1. The van der Waals surface area contributed by atoms with Gasteiger partial charge in [0.2, 0.25) is 0 Å². The molecule has 0 unspecified atom stereocenters. The Morgan fingerprint density at radius 2 is 1.61 bits per heavy atom. The van der Waals surface area contributed by atoms with E-state index in [1.54, 1.807) is 48.2 Å². The molecular formula is C20H18N2O5S. The lowest BCUT2D eigenvalue weighted by Crippen LogP contribution is -2.17. The molecule has 7 nitrogen and oxygen atoms in total. The summed E-state index contributed by atoms with van der Waals surface area (Å²) in [6.07, 6.45) is 0. The highest BCUT2D eigenvalue weighted by atomic mass is 32.2. The molecule has 1 heterocycles. The molecule has 144 valence electrons. The summed E-state index contributed by atoms with van der Waals surface area (Å²) in [5.74, 6) is -0.844. The van der Waals surface area contributed by atoms with Gasteiger partial charge in [-0.2, -0.15) is 11.8 Å². The van der Waals surface area contributed by atoms with Crippen LogP contribution in [0.2, 0.25) is 0 Å². The molecule has 0 aromatic heterocycles. The van der Waals surface area contributed by atoms with Gasteiger partial charge in [0.25, 0.3) is 5.91 Å². The van der Waals surface area contributed by atoms with E-state index >= 15 is 0 Å². The fourth-order valence-corrected chi connectivity index (χ4v) is 3.82. The fourth-order valence-electron chi connectivity index (χ4n) is 2.77. The van der Waals surface area contributed by atoms with E-state index in [9.17, 15) is 19.5 Å². The summed E-state index contributed by atoms with van der Waals surface area (Å²) in [6.45, 7) is 0. The summed E-state index contributed by atoms with van der Waals surface area (Å²) in [7, 11) is 1.33. The molecule has 1 aliphatic heterocycles. The lowest BCUT2D eigenvalue weighted by molar-refractivity contribution is -0.136. The highest BCUT2D eigenvalue weighted by molar-refractivity contribution is 8.00. The minimum absolute atomic E-state index is 0.00386. The first-order valence-corrected chi connectivity index (χ1v) is 9.54. The smallest absolute Gasteiger partial charge is 0.337 e. The summed E-state index contributed by atoms with van der Waals surface area (Å²) in [5, 5.41) is 15.1. The average molecular weight is 398 g/mol. The van der Waals surface area contributed by atoms with Crippen molar-refractivity contribution in [2.45, 2.75) is 0 Å². The zero-order chi connectivity index (χ0) is 20.1. The molecule has 0 saturated carbocycles. The van der Waals surface area contributed by atoms with E-state index in [2.05, 4.69) is 10.6 Å². The molecule has 2 aromatic rings. The van der Waals surface area contributed by atoms with Gasteiger partial charge in [-0.15, -0.1) is 0 Å². The molecule has 1 amide bonds. The van der Waals surface area contributed by atoms with Crippen molar-refractivity contribution in [3.63, 3.8) is 0 Å². The first-order chi connectivity index (χ1) is 13.5. The Hall–Kier alpha value is -3.26. The van der Waals surface area contributed by atoms with Crippen molar-refractivity contribution in [2.75, 3.05) is 29.2 Å². The first kappa shape index (κ1) is 19.5. The summed E-state index contributed by atoms with van der Waals surface area (Å²) < 4.78 is 4.81. The van der Waals surface area contributed by atoms with Gasteiger partial charge >= 0.3 is 11.9 Å². The molecule has 28 heavy (non-hydrogen) atoms. The van der Waals surface area contributed by atoms with Crippen molar-refractivity contribution >= 4 is 41.0 Å². The maximum Gasteiger partial charge on any atom is 0.337 e. The lowest BCUT2D eigenvalue weighted by Gasteiger charge is -2.14. The van der Waals surface area contributed by atoms with E-state index in [0.717, 1.165) is 0 Å². The molecule has 3 rings (SSSR count). The highest BCUT2D eigenvalue weighted by Gasteiger charge is 2.23. The molecule has 0 fully saturated rings. The summed E-state index contributed by atoms with van der Waals surface area (Å²) in [5.41, 5.74) is 2.30. The lowest BCUT2D eigenvalue weighted by atomic mass is 10.1. The Kier molecular flexibility index (Phi) is 6.00. The van der Waals surface area contributed by atoms with Crippen LogP contribution >= 0.6 is 11.8 Å². The van der Waals surface area contributed by atoms with Crippen molar-refractivity contribution in [1.29, 1.82) is 0 Å². The second-order valence-corrected chi connectivity index (χ2v) is 6.90. The average Bonchev–Trinajstić information content (AvgIpc) is 3.16. The number of methoxy groups -OCH3 is 1. The van der Waals surface area contributed by atoms with Crippen LogP contribution in [0.4, 0.5) is 11.4 Å². The van der Waals surface area contributed by atoms with Crippen molar-refractivity contribution < 1.29 is 24.2 Å². The molecule has 8 heteroatoms. The molecule has 1 aliphatic rings. The van der Waals surface area contributed by atoms with E-state index < -0.39 is 17.8 Å². The van der Waals surface area contributed by atoms with Crippen LogP contribution in [0.5, 0.6) is 0 Å². The first-order valence-electron chi connectivity index (χ1n) is 8.39. The number of amides is 1. The van der Waals surface area contributed by atoms with E-state index in [1.807, 2.05) is 0 Å². The van der Waals surface area contributed by atoms with E-state index in [-0.39, 0.29) is 11.3 Å². The van der Waals surface area contributed by atoms with Crippen LogP contribution in [0.1, 0.15) is 20.7 Å². The standard InChI is InChI=1S/C20H18N2O5S/c1-27-20(26)14-10-28-11-17(14)21-15-8-4-2-6-12(15)18(23)22-16-9-5-3-7-13(16)19(24)25/h2-9,21H,10-11H2,1H3,(H,22,23)(H,24,25). The molecule has 0 aliphatic carbocycles. The van der Waals surface area contributed by atoms with Gasteiger partial charge in [-0.3, -0.25) is 4.79 Å². The van der Waals surface area contributed by atoms with E-state index in [1.165, 1.54) is 19.2 Å².